The highest BCUT2D eigenvalue weighted by Gasteiger charge is 2.56. The van der Waals surface area contributed by atoms with Crippen molar-refractivity contribution in [1.29, 1.82) is 0 Å². The topological polar surface area (TPSA) is 75.7 Å². The molecule has 1 heterocycles. The number of hydrogen-bond acceptors (Lipinski definition) is 4. The maximum absolute atomic E-state index is 14.4. The highest BCUT2D eigenvalue weighted by molar-refractivity contribution is 6.34. The van der Waals surface area contributed by atoms with E-state index < -0.39 is 23.9 Å². The molecule has 2 amide bonds. The second-order valence-electron chi connectivity index (χ2n) is 11.3. The number of ether oxygens (including phenoxy) is 1. The molecule has 3 aromatic carbocycles. The summed E-state index contributed by atoms with van der Waals surface area (Å²) in [6.45, 7) is 2.04. The minimum atomic E-state index is -0.886. The predicted molar refractivity (Wildman–Crippen MR) is 160 cm³/mol. The van der Waals surface area contributed by atoms with E-state index in [1.165, 1.54) is 12.1 Å². The van der Waals surface area contributed by atoms with Gasteiger partial charge < -0.3 is 15.0 Å². The summed E-state index contributed by atoms with van der Waals surface area (Å²) in [5.41, 5.74) is 1.86. The number of nitrogens with one attached hydrogen (secondary N) is 1. The van der Waals surface area contributed by atoms with Crippen LogP contribution in [-0.4, -0.2) is 35.6 Å². The van der Waals surface area contributed by atoms with Crippen LogP contribution in [0.1, 0.15) is 66.6 Å². The fraction of sp³-hybridized carbons (Fsp3) is 0.382. The zero-order chi connectivity index (χ0) is 29.8. The molecular formula is C34H36ClFN2O4. The van der Waals surface area contributed by atoms with E-state index in [1.807, 2.05) is 31.2 Å². The highest BCUT2D eigenvalue weighted by Crippen LogP contribution is 2.48. The lowest BCUT2D eigenvalue weighted by atomic mass is 9.80. The summed E-state index contributed by atoms with van der Waals surface area (Å²) in [5.74, 6) is -1.80. The van der Waals surface area contributed by atoms with Crippen molar-refractivity contribution in [2.45, 2.75) is 57.7 Å². The number of Topliss-reactive ketones (excluding diaryl/α,β-unsaturated/α-hetero) is 1. The van der Waals surface area contributed by atoms with Crippen molar-refractivity contribution in [1.82, 2.24) is 10.2 Å². The van der Waals surface area contributed by atoms with Crippen molar-refractivity contribution >= 4 is 29.2 Å². The van der Waals surface area contributed by atoms with Crippen molar-refractivity contribution in [3.63, 3.8) is 0 Å². The molecule has 1 aliphatic carbocycles. The summed E-state index contributed by atoms with van der Waals surface area (Å²) >= 11 is 6.50. The number of methoxy groups -OCH3 is 1. The van der Waals surface area contributed by atoms with Crippen LogP contribution in [0.25, 0.3) is 0 Å². The molecule has 8 heteroatoms. The van der Waals surface area contributed by atoms with Crippen molar-refractivity contribution in [3.8, 4) is 5.75 Å². The van der Waals surface area contributed by atoms with Gasteiger partial charge in [0.1, 0.15) is 17.6 Å². The van der Waals surface area contributed by atoms with Gasteiger partial charge in [0.2, 0.25) is 11.8 Å². The molecule has 4 unspecified atom stereocenters. The molecule has 1 saturated heterocycles. The van der Waals surface area contributed by atoms with Gasteiger partial charge in [-0.05, 0) is 66.3 Å². The number of benzene rings is 3. The summed E-state index contributed by atoms with van der Waals surface area (Å²) in [5, 5.41) is 3.30. The van der Waals surface area contributed by atoms with Crippen LogP contribution in [0.2, 0.25) is 5.02 Å². The number of likely N-dealkylation sites (tertiary alicyclic amines) is 1. The maximum Gasteiger partial charge on any atom is 0.243 e. The molecule has 1 aliphatic heterocycles. The van der Waals surface area contributed by atoms with E-state index >= 15 is 0 Å². The van der Waals surface area contributed by atoms with Gasteiger partial charge in [0.25, 0.3) is 0 Å². The van der Waals surface area contributed by atoms with Gasteiger partial charge in [0, 0.05) is 18.0 Å². The Bertz CT molecular complexity index is 1420. The molecule has 2 aliphatic rings. The summed E-state index contributed by atoms with van der Waals surface area (Å²) in [4.78, 5) is 44.4. The maximum atomic E-state index is 14.4. The van der Waals surface area contributed by atoms with E-state index in [0.717, 1.165) is 43.2 Å². The van der Waals surface area contributed by atoms with Crippen molar-refractivity contribution in [2.24, 2.45) is 17.8 Å². The van der Waals surface area contributed by atoms with Gasteiger partial charge in [-0.15, -0.1) is 0 Å². The highest BCUT2D eigenvalue weighted by atomic mass is 35.5. The van der Waals surface area contributed by atoms with Crippen molar-refractivity contribution < 1.29 is 23.5 Å². The molecule has 1 saturated carbocycles. The zero-order valence-corrected chi connectivity index (χ0v) is 24.6. The first kappa shape index (κ1) is 29.8. The minimum absolute atomic E-state index is 0.0984. The summed E-state index contributed by atoms with van der Waals surface area (Å²) in [7, 11) is 1.58. The molecule has 4 atom stereocenters. The molecule has 2 fully saturated rings. The first-order valence-electron chi connectivity index (χ1n) is 14.6. The van der Waals surface area contributed by atoms with Crippen molar-refractivity contribution in [2.75, 3.05) is 7.11 Å². The largest absolute Gasteiger partial charge is 0.497 e. The molecular weight excluding hydrogens is 555 g/mol. The van der Waals surface area contributed by atoms with E-state index in [2.05, 4.69) is 5.32 Å². The van der Waals surface area contributed by atoms with Crippen LogP contribution in [0.4, 0.5) is 4.39 Å². The van der Waals surface area contributed by atoms with Crippen LogP contribution < -0.4 is 10.1 Å². The van der Waals surface area contributed by atoms with E-state index in [0.29, 0.717) is 16.3 Å². The van der Waals surface area contributed by atoms with Gasteiger partial charge >= 0.3 is 0 Å². The minimum Gasteiger partial charge on any atom is -0.497 e. The van der Waals surface area contributed by atoms with Crippen molar-refractivity contribution in [3.05, 3.63) is 100 Å². The number of ketones is 1. The third-order valence-corrected chi connectivity index (χ3v) is 9.09. The van der Waals surface area contributed by atoms with E-state index in [-0.39, 0.29) is 35.9 Å². The molecule has 0 bridgehead atoms. The molecule has 3 aromatic rings. The zero-order valence-electron chi connectivity index (χ0n) is 23.9. The molecule has 42 heavy (non-hydrogen) atoms. The van der Waals surface area contributed by atoms with Gasteiger partial charge in [-0.25, -0.2) is 4.39 Å². The lowest BCUT2D eigenvalue weighted by Crippen LogP contribution is -2.50. The van der Waals surface area contributed by atoms with Crippen LogP contribution in [0, 0.1) is 23.6 Å². The van der Waals surface area contributed by atoms with E-state index in [9.17, 15) is 18.8 Å². The van der Waals surface area contributed by atoms with Gasteiger partial charge in [0.15, 0.2) is 5.78 Å². The molecule has 0 aromatic heterocycles. The molecule has 0 radical (unpaired) electrons. The lowest BCUT2D eigenvalue weighted by molar-refractivity contribution is -0.145. The van der Waals surface area contributed by atoms with Crippen LogP contribution in [0.3, 0.4) is 0 Å². The fourth-order valence-corrected chi connectivity index (χ4v) is 6.80. The Morgan fingerprint density at radius 3 is 2.26 bits per heavy atom. The van der Waals surface area contributed by atoms with Crippen LogP contribution in [-0.2, 0) is 16.1 Å². The molecule has 5 rings (SSSR count). The smallest absolute Gasteiger partial charge is 0.243 e. The summed E-state index contributed by atoms with van der Waals surface area (Å²) in [6, 6.07) is 18.6. The molecule has 1 N–H and O–H groups in total. The van der Waals surface area contributed by atoms with E-state index in [1.54, 1.807) is 48.4 Å². The Morgan fingerprint density at radius 2 is 1.62 bits per heavy atom. The third-order valence-electron chi connectivity index (χ3n) is 8.76. The van der Waals surface area contributed by atoms with E-state index in [4.69, 9.17) is 16.3 Å². The first-order valence-corrected chi connectivity index (χ1v) is 14.9. The third kappa shape index (κ3) is 6.07. The number of carbonyl (C=O) groups is 3. The van der Waals surface area contributed by atoms with Crippen LogP contribution >= 0.6 is 11.6 Å². The lowest BCUT2D eigenvalue weighted by Gasteiger charge is -2.35. The van der Waals surface area contributed by atoms with Gasteiger partial charge in [-0.3, -0.25) is 14.4 Å². The average molecular weight is 591 g/mol. The average Bonchev–Trinajstić information content (AvgIpc) is 3.33. The predicted octanol–water partition coefficient (Wildman–Crippen LogP) is 6.77. The Morgan fingerprint density at radius 1 is 0.952 bits per heavy atom. The SMILES string of the molecule is COc1ccc(C2C(C(=O)c3ccccc3Cl)C(C)C(C(=O)NCc3ccc(F)cc3)N2C(=O)C2CCCCC2)cc1. The monoisotopic (exact) mass is 590 g/mol. The molecule has 6 nitrogen and oxygen atoms in total. The molecule has 0 spiro atoms. The fourth-order valence-electron chi connectivity index (χ4n) is 6.57. The van der Waals surface area contributed by atoms with Crippen LogP contribution in [0.5, 0.6) is 5.75 Å². The summed E-state index contributed by atoms with van der Waals surface area (Å²) in [6.07, 6.45) is 4.50. The standard InChI is InChI=1S/C34H36ClFN2O4/c1-21-29(32(39)27-10-6-7-11-28(27)35)31(23-14-18-26(42-2)19-15-23)38(34(41)24-8-4-3-5-9-24)30(21)33(40)37-20-22-12-16-25(36)17-13-22/h6-7,10-19,21,24,29-31H,3-5,8-9,20H2,1-2H3,(H,37,40). The Balaban J connectivity index is 1.58. The van der Waals surface area contributed by atoms with Gasteiger partial charge in [-0.1, -0.05) is 74.2 Å². The Hall–Kier alpha value is -3.71. The second-order valence-corrected chi connectivity index (χ2v) is 11.7. The number of rotatable bonds is 8. The first-order chi connectivity index (χ1) is 20.3. The Labute approximate surface area is 251 Å². The number of amides is 2. The van der Waals surface area contributed by atoms with Gasteiger partial charge in [0.05, 0.1) is 24.1 Å². The number of carbonyl (C=O) groups excluding carboxylic acids is 3. The summed E-state index contributed by atoms with van der Waals surface area (Å²) < 4.78 is 18.8. The number of hydrogen-bond donors (Lipinski definition) is 1. The number of halogens is 2. The second kappa shape index (κ2) is 13.1. The molecule has 220 valence electrons. The number of nitrogens with zero attached hydrogens (tertiary/aromatic N) is 1. The van der Waals surface area contributed by atoms with Gasteiger partial charge in [-0.2, -0.15) is 0 Å². The Kier molecular flexibility index (Phi) is 9.27. The van der Waals surface area contributed by atoms with Crippen LogP contribution in [0.15, 0.2) is 72.8 Å². The quantitative estimate of drug-likeness (QED) is 0.294. The normalized spacial score (nSPS) is 22.5.